The van der Waals surface area contributed by atoms with E-state index in [4.69, 9.17) is 0 Å². The highest BCUT2D eigenvalue weighted by atomic mass is 32.2. The fourth-order valence-electron chi connectivity index (χ4n) is 4.48. The third-order valence-corrected chi connectivity index (χ3v) is 6.98. The highest BCUT2D eigenvalue weighted by Crippen LogP contribution is 2.44. The monoisotopic (exact) mass is 394 g/mol. The summed E-state index contributed by atoms with van der Waals surface area (Å²) in [5.41, 5.74) is 6.61. The lowest BCUT2D eigenvalue weighted by molar-refractivity contribution is -0.731. The zero-order chi connectivity index (χ0) is 19.5. The maximum Gasteiger partial charge on any atom is 0.175 e. The summed E-state index contributed by atoms with van der Waals surface area (Å²) in [5.74, 6) is 1.00. The van der Waals surface area contributed by atoms with Crippen LogP contribution >= 0.6 is 11.8 Å². The van der Waals surface area contributed by atoms with E-state index in [-0.39, 0.29) is 5.54 Å². The molecule has 4 aromatic rings. The molecule has 2 N–H and O–H groups in total. The van der Waals surface area contributed by atoms with Crippen molar-refractivity contribution in [2.75, 3.05) is 0 Å². The second-order valence-electron chi connectivity index (χ2n) is 7.51. The van der Waals surface area contributed by atoms with Gasteiger partial charge in [0.1, 0.15) is 6.54 Å². The fourth-order valence-corrected chi connectivity index (χ4v) is 5.61. The van der Waals surface area contributed by atoms with E-state index in [9.17, 15) is 0 Å². The predicted octanol–water partition coefficient (Wildman–Crippen LogP) is 5.35. The lowest BCUT2D eigenvalue weighted by Crippen LogP contribution is -2.94. The number of quaternary nitrogens is 1. The molecule has 142 valence electrons. The second kappa shape index (κ2) is 7.90. The van der Waals surface area contributed by atoms with Gasteiger partial charge < -0.3 is 5.32 Å². The van der Waals surface area contributed by atoms with Crippen LogP contribution in [0.3, 0.4) is 0 Å². The van der Waals surface area contributed by atoms with Crippen molar-refractivity contribution in [3.63, 3.8) is 0 Å². The molecule has 1 atom stereocenters. The van der Waals surface area contributed by atoms with Gasteiger partial charge in [-0.05, 0) is 11.6 Å². The minimum Gasteiger partial charge on any atom is -0.326 e. The number of hydrogen-bond acceptors (Lipinski definition) is 1. The average Bonchev–Trinajstić information content (AvgIpc) is 2.94. The third kappa shape index (κ3) is 3.29. The van der Waals surface area contributed by atoms with Crippen LogP contribution in [0.4, 0.5) is 0 Å². The van der Waals surface area contributed by atoms with Gasteiger partial charge in [0.05, 0.1) is 0 Å². The topological polar surface area (TPSA) is 16.6 Å². The molecule has 5 rings (SSSR count). The van der Waals surface area contributed by atoms with Crippen molar-refractivity contribution in [2.24, 2.45) is 0 Å². The molecule has 0 unspecified atom stereocenters. The molecule has 0 bridgehead atoms. The fraction of sp³-hybridized carbons (Fsp3) is 0.111. The van der Waals surface area contributed by atoms with E-state index < -0.39 is 0 Å². The largest absolute Gasteiger partial charge is 0.326 e. The van der Waals surface area contributed by atoms with Crippen molar-refractivity contribution in [3.8, 4) is 0 Å². The van der Waals surface area contributed by atoms with E-state index >= 15 is 0 Å². The van der Waals surface area contributed by atoms with Crippen molar-refractivity contribution in [1.29, 1.82) is 0 Å². The van der Waals surface area contributed by atoms with E-state index in [1.165, 1.54) is 32.7 Å². The molecule has 1 heterocycles. The quantitative estimate of drug-likeness (QED) is 0.494. The van der Waals surface area contributed by atoms with Gasteiger partial charge in [0.25, 0.3) is 0 Å². The Morgan fingerprint density at radius 1 is 0.655 bits per heavy atom. The summed E-state index contributed by atoms with van der Waals surface area (Å²) in [7, 11) is 0. The first-order valence-electron chi connectivity index (χ1n) is 10.1. The number of rotatable bonds is 4. The molecule has 0 amide bonds. The molecule has 0 aliphatic carbocycles. The smallest absolute Gasteiger partial charge is 0.175 e. The highest BCUT2D eigenvalue weighted by Gasteiger charge is 2.44. The van der Waals surface area contributed by atoms with Gasteiger partial charge >= 0.3 is 0 Å². The predicted molar refractivity (Wildman–Crippen MR) is 121 cm³/mol. The van der Waals surface area contributed by atoms with Crippen LogP contribution in [0.15, 0.2) is 114 Å². The Balaban J connectivity index is 1.77. The van der Waals surface area contributed by atoms with E-state index in [1.54, 1.807) is 0 Å². The maximum absolute atomic E-state index is 2.53. The molecule has 0 aromatic heterocycles. The molecule has 0 saturated heterocycles. The van der Waals surface area contributed by atoms with Crippen molar-refractivity contribution >= 4 is 11.8 Å². The summed E-state index contributed by atoms with van der Waals surface area (Å²) < 4.78 is 0. The third-order valence-electron chi connectivity index (χ3n) is 5.85. The van der Waals surface area contributed by atoms with Gasteiger partial charge in [-0.1, -0.05) is 103 Å². The van der Waals surface area contributed by atoms with Crippen LogP contribution in [0, 0.1) is 0 Å². The number of fused-ring (bicyclic) bond motifs is 2. The van der Waals surface area contributed by atoms with Crippen LogP contribution in [0.1, 0.15) is 27.8 Å². The molecule has 1 aliphatic rings. The number of thioether (sulfide) groups is 1. The Morgan fingerprint density at radius 3 is 2.07 bits per heavy atom. The van der Waals surface area contributed by atoms with Crippen molar-refractivity contribution < 1.29 is 5.32 Å². The Morgan fingerprint density at radius 2 is 1.28 bits per heavy atom. The summed E-state index contributed by atoms with van der Waals surface area (Å²) in [6.45, 7) is 0.920. The number of hydrogen-bond donors (Lipinski definition) is 1. The molecule has 0 saturated carbocycles. The van der Waals surface area contributed by atoms with Crippen LogP contribution in [0.25, 0.3) is 0 Å². The van der Waals surface area contributed by atoms with Gasteiger partial charge in [-0.25, -0.2) is 0 Å². The van der Waals surface area contributed by atoms with Gasteiger partial charge in [0, 0.05) is 32.9 Å². The lowest BCUT2D eigenvalue weighted by atomic mass is 9.75. The van der Waals surface area contributed by atoms with Crippen LogP contribution in [-0.4, -0.2) is 0 Å². The van der Waals surface area contributed by atoms with Crippen molar-refractivity contribution in [3.05, 3.63) is 137 Å². The lowest BCUT2D eigenvalue weighted by Gasteiger charge is -2.34. The Hall–Kier alpha value is -2.81. The molecular weight excluding hydrogens is 370 g/mol. The van der Waals surface area contributed by atoms with E-state index in [0.29, 0.717) is 0 Å². The zero-order valence-corrected chi connectivity index (χ0v) is 17.1. The molecule has 4 aromatic carbocycles. The first kappa shape index (κ1) is 18.2. The summed E-state index contributed by atoms with van der Waals surface area (Å²) in [4.78, 5) is 1.37. The van der Waals surface area contributed by atoms with Crippen LogP contribution < -0.4 is 5.32 Å². The first-order chi connectivity index (χ1) is 14.4. The van der Waals surface area contributed by atoms with Gasteiger partial charge in [0.2, 0.25) is 0 Å². The SMILES string of the molecule is c1ccc(C[NH2+][C@]2(c3ccccc3)c3ccccc3CSc3ccccc32)cc1. The van der Waals surface area contributed by atoms with Gasteiger partial charge in [-0.2, -0.15) is 0 Å². The summed E-state index contributed by atoms with van der Waals surface area (Å²) in [6, 6.07) is 39.7. The standard InChI is InChI=1S/C27H23NS/c1-3-11-21(12-4-1)19-28-27(23-14-5-2-6-15-23)24-16-8-7-13-22(24)20-29-26-18-10-9-17-25(26)27/h1-18,28H,19-20H2/p+1/t27-/m1/s1. The molecular formula is C27H24NS+. The molecule has 1 aliphatic heterocycles. The van der Waals surface area contributed by atoms with Gasteiger partial charge in [0.15, 0.2) is 5.54 Å². The van der Waals surface area contributed by atoms with Crippen LogP contribution in [-0.2, 0) is 17.8 Å². The number of benzene rings is 4. The molecule has 0 fully saturated rings. The summed E-state index contributed by atoms with van der Waals surface area (Å²) in [5, 5.41) is 2.53. The first-order valence-corrected chi connectivity index (χ1v) is 11.1. The minimum atomic E-state index is -0.270. The molecule has 0 spiro atoms. The highest BCUT2D eigenvalue weighted by molar-refractivity contribution is 7.98. The van der Waals surface area contributed by atoms with E-state index in [0.717, 1.165) is 12.3 Å². The van der Waals surface area contributed by atoms with Crippen LogP contribution in [0.2, 0.25) is 0 Å². The zero-order valence-electron chi connectivity index (χ0n) is 16.3. The van der Waals surface area contributed by atoms with Crippen LogP contribution in [0.5, 0.6) is 0 Å². The van der Waals surface area contributed by atoms with E-state index in [2.05, 4.69) is 115 Å². The van der Waals surface area contributed by atoms with Crippen molar-refractivity contribution in [2.45, 2.75) is 22.7 Å². The maximum atomic E-state index is 2.53. The van der Waals surface area contributed by atoms with E-state index in [1.807, 2.05) is 11.8 Å². The minimum absolute atomic E-state index is 0.270. The van der Waals surface area contributed by atoms with Crippen molar-refractivity contribution in [1.82, 2.24) is 0 Å². The molecule has 0 radical (unpaired) electrons. The van der Waals surface area contributed by atoms with Gasteiger partial charge in [-0.15, -0.1) is 11.8 Å². The molecule has 2 heteroatoms. The molecule has 1 nitrogen and oxygen atoms in total. The normalized spacial score (nSPS) is 17.8. The summed E-state index contributed by atoms with van der Waals surface area (Å²) >= 11 is 1.95. The Bertz CT molecular complexity index is 1060. The van der Waals surface area contributed by atoms with Gasteiger partial charge in [-0.3, -0.25) is 0 Å². The Labute approximate surface area is 176 Å². The average molecular weight is 395 g/mol. The molecule has 29 heavy (non-hydrogen) atoms. The number of nitrogens with two attached hydrogens (primary N) is 1. The Kier molecular flexibility index (Phi) is 4.97. The second-order valence-corrected chi connectivity index (χ2v) is 8.53. The summed E-state index contributed by atoms with van der Waals surface area (Å²) in [6.07, 6.45) is 0.